The van der Waals surface area contributed by atoms with E-state index in [2.05, 4.69) is 10.3 Å². The molecular formula is C17H15ClFN3O. The minimum atomic E-state index is -0.524. The second kappa shape index (κ2) is 6.01. The highest BCUT2D eigenvalue weighted by Crippen LogP contribution is 2.21. The molecule has 6 heteroatoms. The van der Waals surface area contributed by atoms with E-state index in [0.29, 0.717) is 23.5 Å². The number of amides is 1. The van der Waals surface area contributed by atoms with E-state index in [1.807, 2.05) is 32.2 Å². The van der Waals surface area contributed by atoms with Gasteiger partial charge in [0.15, 0.2) is 0 Å². The second-order valence-electron chi connectivity index (χ2n) is 5.28. The molecule has 1 amide bonds. The first-order valence-corrected chi connectivity index (χ1v) is 7.61. The molecule has 0 unspecified atom stereocenters. The lowest BCUT2D eigenvalue weighted by molar-refractivity contribution is 0.102. The Morgan fingerprint density at radius 3 is 2.83 bits per heavy atom. The first kappa shape index (κ1) is 15.5. The molecule has 0 radical (unpaired) electrons. The summed E-state index contributed by atoms with van der Waals surface area (Å²) in [5.41, 5.74) is 3.37. The lowest BCUT2D eigenvalue weighted by Crippen LogP contribution is -2.16. The summed E-state index contributed by atoms with van der Waals surface area (Å²) >= 11 is 5.75. The van der Waals surface area contributed by atoms with Crippen molar-refractivity contribution in [2.24, 2.45) is 0 Å². The number of halogens is 2. The molecule has 0 saturated carbocycles. The van der Waals surface area contributed by atoms with Crippen molar-refractivity contribution in [1.82, 2.24) is 9.38 Å². The van der Waals surface area contributed by atoms with Gasteiger partial charge in [-0.05, 0) is 43.2 Å². The maximum Gasteiger partial charge on any atom is 0.274 e. The van der Waals surface area contributed by atoms with E-state index in [1.165, 1.54) is 18.2 Å². The number of benzene rings is 1. The maximum atomic E-state index is 13.2. The molecule has 3 rings (SSSR count). The number of nitrogens with zero attached hydrogens (tertiary/aromatic N) is 2. The summed E-state index contributed by atoms with van der Waals surface area (Å²) in [6, 6.07) is 7.90. The van der Waals surface area contributed by atoms with E-state index in [-0.39, 0.29) is 10.9 Å². The molecule has 0 spiro atoms. The van der Waals surface area contributed by atoms with Crippen molar-refractivity contribution in [2.75, 3.05) is 5.32 Å². The molecule has 0 aliphatic heterocycles. The maximum absolute atomic E-state index is 13.2. The summed E-state index contributed by atoms with van der Waals surface area (Å²) in [7, 11) is 0. The van der Waals surface area contributed by atoms with Crippen molar-refractivity contribution in [3.05, 3.63) is 64.3 Å². The third-order valence-electron chi connectivity index (χ3n) is 3.57. The van der Waals surface area contributed by atoms with Gasteiger partial charge in [0.25, 0.3) is 5.91 Å². The van der Waals surface area contributed by atoms with Crippen LogP contribution in [0.25, 0.3) is 5.65 Å². The summed E-state index contributed by atoms with van der Waals surface area (Å²) in [5.74, 6) is -0.827. The number of rotatable bonds is 3. The number of pyridine rings is 1. The predicted octanol–water partition coefficient (Wildman–Crippen LogP) is 4.25. The predicted molar refractivity (Wildman–Crippen MR) is 88.7 cm³/mol. The number of carbonyl (C=O) groups excluding carboxylic acids is 1. The fourth-order valence-corrected chi connectivity index (χ4v) is 2.63. The van der Waals surface area contributed by atoms with Crippen LogP contribution in [0.15, 0.2) is 36.5 Å². The van der Waals surface area contributed by atoms with Crippen LogP contribution in [0.5, 0.6) is 0 Å². The average Bonchev–Trinajstić information content (AvgIpc) is 2.88. The van der Waals surface area contributed by atoms with Crippen LogP contribution in [0.4, 0.5) is 10.1 Å². The molecule has 1 N–H and O–H groups in total. The van der Waals surface area contributed by atoms with E-state index in [0.717, 1.165) is 11.2 Å². The molecule has 1 aromatic carbocycles. The van der Waals surface area contributed by atoms with E-state index < -0.39 is 5.82 Å². The number of hydrogen-bond acceptors (Lipinski definition) is 2. The molecule has 3 aromatic rings. The fourth-order valence-electron chi connectivity index (χ4n) is 2.45. The summed E-state index contributed by atoms with van der Waals surface area (Å²) in [5, 5.41) is 2.71. The summed E-state index contributed by atoms with van der Waals surface area (Å²) in [6.45, 7) is 3.90. The number of nitrogens with one attached hydrogen (secondary N) is 1. The highest BCUT2D eigenvalue weighted by molar-refractivity contribution is 6.31. The molecule has 0 saturated heterocycles. The first-order valence-electron chi connectivity index (χ1n) is 7.23. The molecule has 0 fully saturated rings. The third kappa shape index (κ3) is 2.92. The van der Waals surface area contributed by atoms with Gasteiger partial charge in [-0.1, -0.05) is 24.6 Å². The number of anilines is 1. The first-order chi connectivity index (χ1) is 11.0. The van der Waals surface area contributed by atoms with Crippen LogP contribution >= 0.6 is 11.6 Å². The minimum absolute atomic E-state index is 0.0347. The van der Waals surface area contributed by atoms with Crippen molar-refractivity contribution in [3.63, 3.8) is 0 Å². The lowest BCUT2D eigenvalue weighted by Gasteiger charge is -2.08. The SMILES string of the molecule is CCc1nc2ccc(C)cn2c1C(=O)Nc1ccc(F)c(Cl)c1. The van der Waals surface area contributed by atoms with Gasteiger partial charge in [-0.2, -0.15) is 0 Å². The van der Waals surface area contributed by atoms with E-state index in [9.17, 15) is 9.18 Å². The van der Waals surface area contributed by atoms with Crippen molar-refractivity contribution in [2.45, 2.75) is 20.3 Å². The average molecular weight is 332 g/mol. The Bertz CT molecular complexity index is 904. The normalized spacial score (nSPS) is 11.0. The third-order valence-corrected chi connectivity index (χ3v) is 3.86. The number of fused-ring (bicyclic) bond motifs is 1. The molecule has 23 heavy (non-hydrogen) atoms. The zero-order valence-electron chi connectivity index (χ0n) is 12.7. The summed E-state index contributed by atoms with van der Waals surface area (Å²) in [4.78, 5) is 17.2. The molecule has 0 aliphatic carbocycles. The molecule has 0 aliphatic rings. The van der Waals surface area contributed by atoms with Gasteiger partial charge in [-0.15, -0.1) is 0 Å². The molecule has 0 bridgehead atoms. The summed E-state index contributed by atoms with van der Waals surface area (Å²) < 4.78 is 15.0. The smallest absolute Gasteiger partial charge is 0.274 e. The number of imidazole rings is 1. The quantitative estimate of drug-likeness (QED) is 0.780. The Morgan fingerprint density at radius 1 is 1.35 bits per heavy atom. The highest BCUT2D eigenvalue weighted by Gasteiger charge is 2.18. The Labute approximate surface area is 137 Å². The van der Waals surface area contributed by atoms with Gasteiger partial charge in [-0.25, -0.2) is 9.37 Å². The highest BCUT2D eigenvalue weighted by atomic mass is 35.5. The zero-order chi connectivity index (χ0) is 16.6. The fraction of sp³-hybridized carbons (Fsp3) is 0.176. The van der Waals surface area contributed by atoms with Crippen molar-refractivity contribution < 1.29 is 9.18 Å². The van der Waals surface area contributed by atoms with Gasteiger partial charge >= 0.3 is 0 Å². The van der Waals surface area contributed by atoms with Crippen LogP contribution in [-0.2, 0) is 6.42 Å². The largest absolute Gasteiger partial charge is 0.321 e. The van der Waals surface area contributed by atoms with Crippen molar-refractivity contribution in [3.8, 4) is 0 Å². The molecule has 2 aromatic heterocycles. The van der Waals surface area contributed by atoms with Crippen LogP contribution in [-0.4, -0.2) is 15.3 Å². The minimum Gasteiger partial charge on any atom is -0.321 e. The number of carbonyl (C=O) groups is 1. The van der Waals surface area contributed by atoms with Crippen LogP contribution in [0, 0.1) is 12.7 Å². The monoisotopic (exact) mass is 331 g/mol. The molecule has 2 heterocycles. The number of aromatic nitrogens is 2. The van der Waals surface area contributed by atoms with Crippen molar-refractivity contribution in [1.29, 1.82) is 0 Å². The topological polar surface area (TPSA) is 46.4 Å². The molecular weight excluding hydrogens is 317 g/mol. The van der Waals surface area contributed by atoms with Crippen LogP contribution in [0.3, 0.4) is 0 Å². The Kier molecular flexibility index (Phi) is 4.05. The number of aryl methyl sites for hydroxylation is 2. The van der Waals surface area contributed by atoms with Crippen LogP contribution in [0.1, 0.15) is 28.7 Å². The Hall–Kier alpha value is -2.40. The van der Waals surface area contributed by atoms with E-state index in [4.69, 9.17) is 11.6 Å². The van der Waals surface area contributed by atoms with Crippen molar-refractivity contribution >= 4 is 28.8 Å². The van der Waals surface area contributed by atoms with Gasteiger partial charge in [0.2, 0.25) is 0 Å². The van der Waals surface area contributed by atoms with Gasteiger partial charge in [-0.3, -0.25) is 9.20 Å². The summed E-state index contributed by atoms with van der Waals surface area (Å²) in [6.07, 6.45) is 2.50. The molecule has 0 atom stereocenters. The molecule has 118 valence electrons. The van der Waals surface area contributed by atoms with Crippen LogP contribution < -0.4 is 5.32 Å². The molecule has 4 nitrogen and oxygen atoms in total. The Balaban J connectivity index is 2.02. The Morgan fingerprint density at radius 2 is 2.13 bits per heavy atom. The second-order valence-corrected chi connectivity index (χ2v) is 5.69. The lowest BCUT2D eigenvalue weighted by atomic mass is 10.2. The van der Waals surface area contributed by atoms with Gasteiger partial charge < -0.3 is 5.32 Å². The van der Waals surface area contributed by atoms with Crippen LogP contribution in [0.2, 0.25) is 5.02 Å². The van der Waals surface area contributed by atoms with Gasteiger partial charge in [0.1, 0.15) is 17.2 Å². The van der Waals surface area contributed by atoms with Gasteiger partial charge in [0, 0.05) is 11.9 Å². The standard InChI is InChI=1S/C17H15ClFN3O/c1-3-14-16(22-9-10(2)4-7-15(22)21-14)17(23)20-11-5-6-13(19)12(18)8-11/h4-9H,3H2,1-2H3,(H,20,23). The van der Waals surface area contributed by atoms with Gasteiger partial charge in [0.05, 0.1) is 10.7 Å². The van der Waals surface area contributed by atoms with E-state index in [1.54, 1.807) is 4.40 Å². The zero-order valence-corrected chi connectivity index (χ0v) is 13.5. The number of hydrogen-bond donors (Lipinski definition) is 1. The van der Waals surface area contributed by atoms with E-state index >= 15 is 0 Å².